The van der Waals surface area contributed by atoms with Crippen LogP contribution in [0.3, 0.4) is 0 Å². The van der Waals surface area contributed by atoms with E-state index in [1.54, 1.807) is 5.01 Å². The molecule has 0 aromatic heterocycles. The average Bonchev–Trinajstić information content (AvgIpc) is 2.12. The number of hydrogen-bond acceptors (Lipinski definition) is 2. The Morgan fingerprint density at radius 1 is 1.18 bits per heavy atom. The highest BCUT2D eigenvalue weighted by Crippen LogP contribution is 2.39. The first-order valence-corrected chi connectivity index (χ1v) is 4.48. The van der Waals surface area contributed by atoms with E-state index in [1.807, 2.05) is 0 Å². The summed E-state index contributed by atoms with van der Waals surface area (Å²) in [6, 6.07) is 0. The Bertz CT molecular complexity index is 160. The third-order valence-corrected chi connectivity index (χ3v) is 3.13. The Morgan fingerprint density at radius 3 is 2.64 bits per heavy atom. The monoisotopic (exact) mass is 154 g/mol. The van der Waals surface area contributed by atoms with Crippen molar-refractivity contribution < 1.29 is 0 Å². The molecule has 2 aliphatic rings. The van der Waals surface area contributed by atoms with Crippen molar-refractivity contribution in [2.45, 2.75) is 25.7 Å². The SMILES string of the molecule is O=NN1CCCC2CCC2C1. The molecule has 0 N–H and O–H groups in total. The van der Waals surface area contributed by atoms with Gasteiger partial charge in [-0.15, -0.1) is 4.91 Å². The Kier molecular flexibility index (Phi) is 1.80. The lowest BCUT2D eigenvalue weighted by molar-refractivity contribution is 0.137. The zero-order chi connectivity index (χ0) is 7.68. The Hall–Kier alpha value is -0.600. The van der Waals surface area contributed by atoms with Crippen molar-refractivity contribution in [2.75, 3.05) is 13.1 Å². The smallest absolute Gasteiger partial charge is 0.0524 e. The van der Waals surface area contributed by atoms with E-state index >= 15 is 0 Å². The topological polar surface area (TPSA) is 32.7 Å². The van der Waals surface area contributed by atoms with Gasteiger partial charge in [0.1, 0.15) is 0 Å². The summed E-state index contributed by atoms with van der Waals surface area (Å²) in [6.45, 7) is 1.81. The van der Waals surface area contributed by atoms with Crippen LogP contribution in [-0.4, -0.2) is 18.1 Å². The molecule has 1 aliphatic heterocycles. The molecule has 0 spiro atoms. The summed E-state index contributed by atoms with van der Waals surface area (Å²) in [5.74, 6) is 1.71. The van der Waals surface area contributed by atoms with Crippen LogP contribution in [0.2, 0.25) is 0 Å². The van der Waals surface area contributed by atoms with E-state index in [-0.39, 0.29) is 0 Å². The van der Waals surface area contributed by atoms with Crippen LogP contribution in [0.15, 0.2) is 5.29 Å². The number of nitroso groups, excluding NO2 is 1. The van der Waals surface area contributed by atoms with Gasteiger partial charge in [-0.05, 0) is 37.5 Å². The third kappa shape index (κ3) is 1.24. The predicted molar refractivity (Wildman–Crippen MR) is 42.8 cm³/mol. The molecule has 2 unspecified atom stereocenters. The molecule has 2 fully saturated rings. The maximum atomic E-state index is 10.3. The molecule has 0 aromatic rings. The van der Waals surface area contributed by atoms with Gasteiger partial charge in [0.15, 0.2) is 0 Å². The molecule has 0 aromatic carbocycles. The molecule has 3 heteroatoms. The maximum absolute atomic E-state index is 10.3. The second kappa shape index (κ2) is 2.80. The Labute approximate surface area is 66.7 Å². The average molecular weight is 154 g/mol. The van der Waals surface area contributed by atoms with Gasteiger partial charge in [0.05, 0.1) is 5.29 Å². The van der Waals surface area contributed by atoms with Gasteiger partial charge in [0.25, 0.3) is 0 Å². The van der Waals surface area contributed by atoms with Crippen molar-refractivity contribution in [3.8, 4) is 0 Å². The van der Waals surface area contributed by atoms with Crippen LogP contribution in [0.4, 0.5) is 0 Å². The van der Waals surface area contributed by atoms with E-state index in [0.29, 0.717) is 0 Å². The van der Waals surface area contributed by atoms with Crippen molar-refractivity contribution in [1.29, 1.82) is 0 Å². The standard InChI is InChI=1S/C8H14N2O/c11-9-10-5-1-2-7-3-4-8(7)6-10/h7-8H,1-6H2. The van der Waals surface area contributed by atoms with Gasteiger partial charge >= 0.3 is 0 Å². The van der Waals surface area contributed by atoms with Crippen LogP contribution in [0.25, 0.3) is 0 Å². The summed E-state index contributed by atoms with van der Waals surface area (Å²) >= 11 is 0. The minimum absolute atomic E-state index is 0.787. The normalized spacial score (nSPS) is 36.9. The highest BCUT2D eigenvalue weighted by Gasteiger charge is 2.33. The summed E-state index contributed by atoms with van der Waals surface area (Å²) in [7, 11) is 0. The van der Waals surface area contributed by atoms with Crippen LogP contribution in [0.5, 0.6) is 0 Å². The zero-order valence-electron chi connectivity index (χ0n) is 6.70. The van der Waals surface area contributed by atoms with Gasteiger partial charge in [0.2, 0.25) is 0 Å². The van der Waals surface area contributed by atoms with Crippen molar-refractivity contribution in [1.82, 2.24) is 5.01 Å². The summed E-state index contributed by atoms with van der Waals surface area (Å²) in [6.07, 6.45) is 5.18. The molecule has 3 nitrogen and oxygen atoms in total. The highest BCUT2D eigenvalue weighted by molar-refractivity contribution is 4.84. The van der Waals surface area contributed by atoms with Crippen molar-refractivity contribution in [2.24, 2.45) is 17.1 Å². The molecule has 1 aliphatic carbocycles. The highest BCUT2D eigenvalue weighted by atomic mass is 16.3. The second-order valence-corrected chi connectivity index (χ2v) is 3.73. The fraction of sp³-hybridized carbons (Fsp3) is 1.00. The molecule has 11 heavy (non-hydrogen) atoms. The van der Waals surface area contributed by atoms with E-state index in [2.05, 4.69) is 5.29 Å². The molecule has 1 saturated carbocycles. The zero-order valence-corrected chi connectivity index (χ0v) is 6.70. The van der Waals surface area contributed by atoms with E-state index in [1.165, 1.54) is 19.3 Å². The molecule has 62 valence electrons. The minimum atomic E-state index is 0.787. The van der Waals surface area contributed by atoms with Crippen LogP contribution in [0, 0.1) is 16.7 Å². The van der Waals surface area contributed by atoms with Crippen LogP contribution in [-0.2, 0) is 0 Å². The summed E-state index contributed by atoms with van der Waals surface area (Å²) in [4.78, 5) is 10.3. The first-order chi connectivity index (χ1) is 5.40. The maximum Gasteiger partial charge on any atom is 0.0524 e. The van der Waals surface area contributed by atoms with Crippen molar-refractivity contribution in [3.05, 3.63) is 4.91 Å². The van der Waals surface area contributed by atoms with Gasteiger partial charge in [0, 0.05) is 13.1 Å². The minimum Gasteiger partial charge on any atom is -0.261 e. The van der Waals surface area contributed by atoms with E-state index in [0.717, 1.165) is 31.3 Å². The predicted octanol–water partition coefficient (Wildman–Crippen LogP) is 1.79. The second-order valence-electron chi connectivity index (χ2n) is 3.73. The Morgan fingerprint density at radius 2 is 2.00 bits per heavy atom. The van der Waals surface area contributed by atoms with Crippen molar-refractivity contribution >= 4 is 0 Å². The van der Waals surface area contributed by atoms with Crippen molar-refractivity contribution in [3.63, 3.8) is 0 Å². The fourth-order valence-electron chi connectivity index (χ4n) is 2.23. The van der Waals surface area contributed by atoms with Gasteiger partial charge in [-0.25, -0.2) is 0 Å². The molecule has 2 atom stereocenters. The number of rotatable bonds is 1. The van der Waals surface area contributed by atoms with Crippen LogP contribution >= 0.6 is 0 Å². The van der Waals surface area contributed by atoms with Gasteiger partial charge in [-0.3, -0.25) is 5.01 Å². The summed E-state index contributed by atoms with van der Waals surface area (Å²) < 4.78 is 0. The lowest BCUT2D eigenvalue weighted by Gasteiger charge is -2.35. The third-order valence-electron chi connectivity index (χ3n) is 3.13. The quantitative estimate of drug-likeness (QED) is 0.539. The molecule has 1 heterocycles. The molecular weight excluding hydrogens is 140 g/mol. The molecular formula is C8H14N2O. The summed E-state index contributed by atoms with van der Waals surface area (Å²) in [5, 5.41) is 4.71. The number of nitrogens with zero attached hydrogens (tertiary/aromatic N) is 2. The van der Waals surface area contributed by atoms with Gasteiger partial charge in [-0.1, -0.05) is 0 Å². The lowest BCUT2D eigenvalue weighted by atomic mass is 9.72. The molecule has 0 bridgehead atoms. The molecule has 1 saturated heterocycles. The van der Waals surface area contributed by atoms with E-state index < -0.39 is 0 Å². The molecule has 0 amide bonds. The molecule has 2 rings (SSSR count). The van der Waals surface area contributed by atoms with Crippen LogP contribution < -0.4 is 0 Å². The first-order valence-electron chi connectivity index (χ1n) is 4.48. The Balaban J connectivity index is 1.94. The molecule has 0 radical (unpaired) electrons. The van der Waals surface area contributed by atoms with E-state index in [9.17, 15) is 4.91 Å². The first kappa shape index (κ1) is 7.07. The fourth-order valence-corrected chi connectivity index (χ4v) is 2.23. The number of hydrogen-bond donors (Lipinski definition) is 0. The summed E-state index contributed by atoms with van der Waals surface area (Å²) in [5.41, 5.74) is 0. The van der Waals surface area contributed by atoms with Gasteiger partial charge in [-0.2, -0.15) is 0 Å². The van der Waals surface area contributed by atoms with Crippen LogP contribution in [0.1, 0.15) is 25.7 Å². The lowest BCUT2D eigenvalue weighted by Crippen LogP contribution is -2.32. The number of fused-ring (bicyclic) bond motifs is 1. The van der Waals surface area contributed by atoms with E-state index in [4.69, 9.17) is 0 Å². The van der Waals surface area contributed by atoms with Gasteiger partial charge < -0.3 is 0 Å². The largest absolute Gasteiger partial charge is 0.261 e.